The molecule has 1 saturated heterocycles. The zero-order valence-electron chi connectivity index (χ0n) is 17.6. The van der Waals surface area contributed by atoms with Crippen LogP contribution in [-0.2, 0) is 0 Å². The van der Waals surface area contributed by atoms with Crippen LogP contribution in [0, 0.1) is 0 Å². The van der Waals surface area contributed by atoms with Gasteiger partial charge < -0.3 is 10.2 Å². The number of aliphatic imine (C=N–C) groups is 1. The van der Waals surface area contributed by atoms with E-state index < -0.39 is 0 Å². The SMILES string of the molecule is C=CC[N+]1(C)CCCCC1C=C1NNc2nc(N=C(C=[NH2+])C=[NH+]C3CC3)nc(N)c21. The highest BCUT2D eigenvalue weighted by atomic mass is 15.4. The number of hydrogen-bond acceptors (Lipinski definition) is 6. The van der Waals surface area contributed by atoms with E-state index in [4.69, 9.17) is 11.1 Å². The maximum absolute atomic E-state index is 6.31. The van der Waals surface area contributed by atoms with Gasteiger partial charge in [-0.1, -0.05) is 6.58 Å². The van der Waals surface area contributed by atoms with Crippen LogP contribution in [0.15, 0.2) is 23.7 Å². The van der Waals surface area contributed by atoms with Crippen molar-refractivity contribution in [3.8, 4) is 0 Å². The van der Waals surface area contributed by atoms with Gasteiger partial charge in [0.05, 0.1) is 31.4 Å². The molecule has 158 valence electrons. The van der Waals surface area contributed by atoms with E-state index in [0.717, 1.165) is 35.3 Å². The van der Waals surface area contributed by atoms with E-state index in [2.05, 4.69) is 50.5 Å². The Morgan fingerprint density at radius 1 is 1.33 bits per heavy atom. The van der Waals surface area contributed by atoms with Gasteiger partial charge in [-0.3, -0.25) is 16.3 Å². The molecule has 2 fully saturated rings. The van der Waals surface area contributed by atoms with E-state index >= 15 is 0 Å². The third kappa shape index (κ3) is 4.25. The summed E-state index contributed by atoms with van der Waals surface area (Å²) in [6.45, 7) is 6.03. The maximum atomic E-state index is 6.31. The molecule has 0 amide bonds. The first-order valence-electron chi connectivity index (χ1n) is 10.6. The number of nitrogen functional groups attached to an aromatic ring is 1. The first-order chi connectivity index (χ1) is 14.5. The van der Waals surface area contributed by atoms with Crippen LogP contribution in [0.25, 0.3) is 5.70 Å². The monoisotopic (exact) mass is 410 g/mol. The zero-order chi connectivity index (χ0) is 21.1. The van der Waals surface area contributed by atoms with E-state index in [0.29, 0.717) is 29.4 Å². The molecule has 1 aromatic heterocycles. The number of piperidine rings is 1. The first kappa shape index (κ1) is 20.2. The molecule has 1 saturated carbocycles. The number of likely N-dealkylation sites (tertiary alicyclic amines) is 1. The van der Waals surface area contributed by atoms with Crippen molar-refractivity contribution in [2.75, 3.05) is 31.3 Å². The minimum Gasteiger partial charge on any atom is -0.383 e. The van der Waals surface area contributed by atoms with Gasteiger partial charge in [-0.25, -0.2) is 4.99 Å². The van der Waals surface area contributed by atoms with E-state index in [1.165, 1.54) is 31.9 Å². The lowest BCUT2D eigenvalue weighted by atomic mass is 9.97. The summed E-state index contributed by atoms with van der Waals surface area (Å²) in [5.41, 5.74) is 14.9. The Kier molecular flexibility index (Phi) is 5.63. The number of anilines is 2. The normalized spacial score (nSPS) is 27.6. The number of hydrogen-bond donors (Lipinski definition) is 5. The molecule has 0 radical (unpaired) electrons. The molecule has 9 heteroatoms. The molecule has 0 aromatic carbocycles. The van der Waals surface area contributed by atoms with Gasteiger partial charge >= 0.3 is 0 Å². The lowest BCUT2D eigenvalue weighted by molar-refractivity contribution is -0.926. The molecular formula is C21H32N9+3. The Labute approximate surface area is 177 Å². The largest absolute Gasteiger partial charge is 0.383 e. The summed E-state index contributed by atoms with van der Waals surface area (Å²) < 4.78 is 0.951. The summed E-state index contributed by atoms with van der Waals surface area (Å²) >= 11 is 0. The van der Waals surface area contributed by atoms with Crippen molar-refractivity contribution < 1.29 is 14.9 Å². The number of rotatable bonds is 7. The fourth-order valence-electron chi connectivity index (χ4n) is 4.15. The van der Waals surface area contributed by atoms with Crippen molar-refractivity contribution in [3.63, 3.8) is 0 Å². The number of likely N-dealkylation sites (N-methyl/N-ethyl adjacent to an activating group) is 1. The van der Waals surface area contributed by atoms with Crippen molar-refractivity contribution in [1.29, 1.82) is 0 Å². The van der Waals surface area contributed by atoms with Crippen molar-refractivity contribution >= 4 is 41.4 Å². The second-order valence-corrected chi connectivity index (χ2v) is 8.49. The lowest BCUT2D eigenvalue weighted by Crippen LogP contribution is -2.72. The second kappa shape index (κ2) is 8.35. The average molecular weight is 411 g/mol. The number of nitrogens with two attached hydrogens (primary N) is 2. The van der Waals surface area contributed by atoms with Gasteiger partial charge in [0.25, 0.3) is 5.95 Å². The summed E-state index contributed by atoms with van der Waals surface area (Å²) in [5.74, 6) is 1.30. The minimum atomic E-state index is 0.275. The van der Waals surface area contributed by atoms with Crippen LogP contribution < -0.4 is 27.0 Å². The Hall–Kier alpha value is -3.07. The molecule has 30 heavy (non-hydrogen) atoms. The number of hydrazine groups is 1. The van der Waals surface area contributed by atoms with E-state index in [1.54, 1.807) is 6.21 Å². The molecule has 4 rings (SSSR count). The Morgan fingerprint density at radius 2 is 2.17 bits per heavy atom. The molecule has 1 aliphatic carbocycles. The predicted octanol–water partition coefficient (Wildman–Crippen LogP) is -1.27. The fraction of sp³-hybridized carbons (Fsp3) is 0.476. The molecule has 0 spiro atoms. The average Bonchev–Trinajstić information content (AvgIpc) is 3.46. The summed E-state index contributed by atoms with van der Waals surface area (Å²) in [5, 5.41) is 5.69. The fourth-order valence-corrected chi connectivity index (χ4v) is 4.15. The molecule has 2 aliphatic heterocycles. The smallest absolute Gasteiger partial charge is 0.254 e. The van der Waals surface area contributed by atoms with Crippen LogP contribution in [-0.4, -0.2) is 64.8 Å². The van der Waals surface area contributed by atoms with E-state index in [-0.39, 0.29) is 5.95 Å². The van der Waals surface area contributed by atoms with E-state index in [1.807, 2.05) is 6.08 Å². The number of nitrogens with zero attached hydrogens (tertiary/aromatic N) is 4. The van der Waals surface area contributed by atoms with Gasteiger partial charge in [0.2, 0.25) is 0 Å². The maximum Gasteiger partial charge on any atom is 0.254 e. The predicted molar refractivity (Wildman–Crippen MR) is 120 cm³/mol. The highest BCUT2D eigenvalue weighted by Gasteiger charge is 2.35. The molecule has 3 aliphatic rings. The second-order valence-electron chi connectivity index (χ2n) is 8.49. The van der Waals surface area contributed by atoms with Crippen molar-refractivity contribution in [2.45, 2.75) is 44.2 Å². The number of fused-ring (bicyclic) bond motifs is 1. The Balaban J connectivity index is 1.61. The number of aromatic nitrogens is 2. The summed E-state index contributed by atoms with van der Waals surface area (Å²) in [4.78, 5) is 16.6. The highest BCUT2D eigenvalue weighted by Crippen LogP contribution is 2.34. The van der Waals surface area contributed by atoms with Gasteiger partial charge in [0, 0.05) is 19.3 Å². The molecule has 2 unspecified atom stereocenters. The molecule has 9 nitrogen and oxygen atoms in total. The summed E-state index contributed by atoms with van der Waals surface area (Å²) in [7, 11) is 2.29. The summed E-state index contributed by atoms with van der Waals surface area (Å²) in [6.07, 6.45) is 13.4. The van der Waals surface area contributed by atoms with Gasteiger partial charge in [0.1, 0.15) is 11.9 Å². The molecule has 3 heterocycles. The van der Waals surface area contributed by atoms with Crippen LogP contribution in [0.1, 0.15) is 37.7 Å². The highest BCUT2D eigenvalue weighted by molar-refractivity contribution is 6.53. The number of nitrogens with one attached hydrogen (secondary N) is 3. The van der Waals surface area contributed by atoms with Crippen molar-refractivity contribution in [3.05, 3.63) is 24.3 Å². The van der Waals surface area contributed by atoms with Crippen LogP contribution in [0.5, 0.6) is 0 Å². The Bertz CT molecular complexity index is 929. The first-order valence-corrected chi connectivity index (χ1v) is 10.6. The van der Waals surface area contributed by atoms with Crippen molar-refractivity contribution in [1.82, 2.24) is 15.4 Å². The van der Waals surface area contributed by atoms with E-state index in [9.17, 15) is 0 Å². The van der Waals surface area contributed by atoms with Gasteiger partial charge in [-0.15, -0.1) is 0 Å². The van der Waals surface area contributed by atoms with Gasteiger partial charge in [0.15, 0.2) is 30.0 Å². The zero-order valence-corrected chi connectivity index (χ0v) is 17.6. The molecule has 1 aromatic rings. The lowest BCUT2D eigenvalue weighted by Gasteiger charge is -2.43. The molecule has 0 bridgehead atoms. The topological polar surface area (TPSA) is 128 Å². The Morgan fingerprint density at radius 3 is 2.90 bits per heavy atom. The third-order valence-corrected chi connectivity index (χ3v) is 6.08. The standard InChI is InChI=1S/C21H30N9/c1-3-9-30(2)10-5-4-6-16(30)11-17-18-19(23)26-21(27-20(18)29-28-17)25-15(12-22)13-24-14-7-8-14/h3,11-14,16,22,28H,1,4-10H2,2H3,(H3,23,26,27,29)/q+1/p+2. The minimum absolute atomic E-state index is 0.275. The van der Waals surface area contributed by atoms with Crippen LogP contribution in [0.3, 0.4) is 0 Å². The van der Waals surface area contributed by atoms with Crippen molar-refractivity contribution in [2.24, 2.45) is 4.99 Å². The summed E-state index contributed by atoms with van der Waals surface area (Å²) in [6, 6.07) is 0.898. The third-order valence-electron chi connectivity index (χ3n) is 6.08. The molecule has 2 atom stereocenters. The van der Waals surface area contributed by atoms with Gasteiger partial charge in [-0.05, 0) is 25.0 Å². The van der Waals surface area contributed by atoms with Crippen LogP contribution in [0.2, 0.25) is 0 Å². The van der Waals surface area contributed by atoms with Gasteiger partial charge in [-0.2, -0.15) is 15.0 Å². The molecule has 7 N–H and O–H groups in total. The number of quaternary nitrogens is 1. The molecular weight excluding hydrogens is 378 g/mol. The van der Waals surface area contributed by atoms with Crippen LogP contribution >= 0.6 is 0 Å². The quantitative estimate of drug-likeness (QED) is 0.218. The van der Waals surface area contributed by atoms with Crippen LogP contribution in [0.4, 0.5) is 17.6 Å².